The molecular formula is C21H24N2O3. The molecular weight excluding hydrogens is 328 g/mol. The first kappa shape index (κ1) is 18.0. The Bertz CT molecular complexity index is 713. The Balaban J connectivity index is 1.62. The number of hydrogen-bond acceptors (Lipinski definition) is 3. The van der Waals surface area contributed by atoms with Gasteiger partial charge in [0.25, 0.3) is 0 Å². The monoisotopic (exact) mass is 352 g/mol. The zero-order chi connectivity index (χ0) is 18.2. The Kier molecular flexibility index (Phi) is 6.25. The first-order valence-corrected chi connectivity index (χ1v) is 9.02. The number of nitrogens with one attached hydrogen (secondary N) is 1. The first-order chi connectivity index (χ1) is 12.7. The van der Waals surface area contributed by atoms with Gasteiger partial charge in [0.1, 0.15) is 12.6 Å². The number of benzene rings is 2. The molecule has 1 heterocycles. The molecule has 2 aromatic carbocycles. The molecule has 1 fully saturated rings. The van der Waals surface area contributed by atoms with Crippen molar-refractivity contribution in [3.8, 4) is 0 Å². The molecule has 0 aromatic heterocycles. The maximum atomic E-state index is 12.8. The third-order valence-corrected chi connectivity index (χ3v) is 4.50. The Morgan fingerprint density at radius 3 is 2.12 bits per heavy atom. The van der Waals surface area contributed by atoms with Crippen molar-refractivity contribution >= 4 is 12.0 Å². The summed E-state index contributed by atoms with van der Waals surface area (Å²) in [6.07, 6.45) is 1.92. The van der Waals surface area contributed by atoms with Crippen molar-refractivity contribution in [2.75, 3.05) is 13.1 Å². The molecule has 1 saturated heterocycles. The van der Waals surface area contributed by atoms with Crippen LogP contribution in [0.2, 0.25) is 0 Å². The fourth-order valence-electron chi connectivity index (χ4n) is 3.11. The lowest BCUT2D eigenvalue weighted by Crippen LogP contribution is -2.49. The minimum Gasteiger partial charge on any atom is -0.445 e. The highest BCUT2D eigenvalue weighted by Gasteiger charge is 2.28. The highest BCUT2D eigenvalue weighted by atomic mass is 16.5. The van der Waals surface area contributed by atoms with Crippen molar-refractivity contribution < 1.29 is 14.3 Å². The van der Waals surface area contributed by atoms with Crippen LogP contribution in [-0.4, -0.2) is 36.0 Å². The molecule has 5 nitrogen and oxygen atoms in total. The molecule has 1 atom stereocenters. The number of amides is 2. The van der Waals surface area contributed by atoms with Crippen molar-refractivity contribution in [1.29, 1.82) is 0 Å². The van der Waals surface area contributed by atoms with Crippen LogP contribution >= 0.6 is 0 Å². The van der Waals surface area contributed by atoms with Crippen molar-refractivity contribution in [1.82, 2.24) is 10.2 Å². The Morgan fingerprint density at radius 1 is 0.923 bits per heavy atom. The van der Waals surface area contributed by atoms with Gasteiger partial charge in [0, 0.05) is 19.5 Å². The van der Waals surface area contributed by atoms with Gasteiger partial charge in [-0.25, -0.2) is 4.79 Å². The smallest absolute Gasteiger partial charge is 0.408 e. The number of alkyl carbamates (subject to hydrolysis) is 1. The van der Waals surface area contributed by atoms with E-state index < -0.39 is 12.1 Å². The summed E-state index contributed by atoms with van der Waals surface area (Å²) < 4.78 is 5.29. The van der Waals surface area contributed by atoms with E-state index in [0.717, 1.165) is 37.1 Å². The van der Waals surface area contributed by atoms with Gasteiger partial charge in [-0.2, -0.15) is 0 Å². The lowest BCUT2D eigenvalue weighted by molar-refractivity contribution is -0.132. The second-order valence-electron chi connectivity index (χ2n) is 6.48. The summed E-state index contributed by atoms with van der Waals surface area (Å²) in [7, 11) is 0. The molecule has 1 N–H and O–H groups in total. The largest absolute Gasteiger partial charge is 0.445 e. The summed E-state index contributed by atoms with van der Waals surface area (Å²) in [5, 5.41) is 2.76. The third kappa shape index (κ3) is 5.09. The van der Waals surface area contributed by atoms with Crippen LogP contribution in [-0.2, 0) is 22.6 Å². The summed E-state index contributed by atoms with van der Waals surface area (Å²) in [4.78, 5) is 26.9. The number of nitrogens with zero attached hydrogens (tertiary/aromatic N) is 1. The predicted molar refractivity (Wildman–Crippen MR) is 99.5 cm³/mol. The topological polar surface area (TPSA) is 58.6 Å². The quantitative estimate of drug-likeness (QED) is 0.869. The van der Waals surface area contributed by atoms with Crippen LogP contribution in [0.1, 0.15) is 24.0 Å². The van der Waals surface area contributed by atoms with Crippen molar-refractivity contribution in [3.05, 3.63) is 71.8 Å². The van der Waals surface area contributed by atoms with Gasteiger partial charge in [-0.15, -0.1) is 0 Å². The van der Waals surface area contributed by atoms with Gasteiger partial charge < -0.3 is 15.0 Å². The zero-order valence-corrected chi connectivity index (χ0v) is 14.8. The van der Waals surface area contributed by atoms with Crippen molar-refractivity contribution in [3.63, 3.8) is 0 Å². The zero-order valence-electron chi connectivity index (χ0n) is 14.8. The summed E-state index contributed by atoms with van der Waals surface area (Å²) >= 11 is 0. The molecule has 0 radical (unpaired) electrons. The van der Waals surface area contributed by atoms with Crippen molar-refractivity contribution in [2.24, 2.45) is 0 Å². The number of carbonyl (C=O) groups excluding carboxylic acids is 2. The standard InChI is InChI=1S/C21H24N2O3/c24-20(23-13-7-8-14-23)19(15-17-9-3-1-4-10-17)22-21(25)26-16-18-11-5-2-6-12-18/h1-6,9-12,19H,7-8,13-16H2,(H,22,25)/t19-/m0/s1. The van der Waals surface area contributed by atoms with Crippen molar-refractivity contribution in [2.45, 2.75) is 31.9 Å². The number of rotatable bonds is 6. The fraction of sp³-hybridized carbons (Fsp3) is 0.333. The summed E-state index contributed by atoms with van der Waals surface area (Å²) in [6, 6.07) is 18.6. The van der Waals surface area contributed by atoms with E-state index in [9.17, 15) is 9.59 Å². The molecule has 0 saturated carbocycles. The third-order valence-electron chi connectivity index (χ3n) is 4.50. The van der Waals surface area contributed by atoms with Crippen LogP contribution in [0.3, 0.4) is 0 Å². The summed E-state index contributed by atoms with van der Waals surface area (Å²) in [5.41, 5.74) is 1.92. The fourth-order valence-corrected chi connectivity index (χ4v) is 3.11. The normalized spacial score (nSPS) is 14.7. The maximum Gasteiger partial charge on any atom is 0.408 e. The van der Waals surface area contributed by atoms with E-state index in [1.807, 2.05) is 65.6 Å². The van der Waals surface area contributed by atoms with E-state index in [1.54, 1.807) is 0 Å². The minimum absolute atomic E-state index is 0.0389. The molecule has 0 unspecified atom stereocenters. The molecule has 26 heavy (non-hydrogen) atoms. The SMILES string of the molecule is O=C(N[C@@H](Cc1ccccc1)C(=O)N1CCCC1)OCc1ccccc1. The van der Waals surface area contributed by atoms with E-state index in [2.05, 4.69) is 5.32 Å². The van der Waals surface area contributed by atoms with E-state index in [0.29, 0.717) is 6.42 Å². The average Bonchev–Trinajstić information content (AvgIpc) is 3.22. The van der Waals surface area contributed by atoms with Gasteiger partial charge >= 0.3 is 6.09 Å². The highest BCUT2D eigenvalue weighted by molar-refractivity contribution is 5.86. The lowest BCUT2D eigenvalue weighted by atomic mass is 10.1. The lowest BCUT2D eigenvalue weighted by Gasteiger charge is -2.24. The highest BCUT2D eigenvalue weighted by Crippen LogP contribution is 2.12. The van der Waals surface area contributed by atoms with Crippen LogP contribution in [0.5, 0.6) is 0 Å². The van der Waals surface area contributed by atoms with E-state index in [1.165, 1.54) is 0 Å². The predicted octanol–water partition coefficient (Wildman–Crippen LogP) is 3.15. The van der Waals surface area contributed by atoms with E-state index >= 15 is 0 Å². The molecule has 2 amide bonds. The Morgan fingerprint density at radius 2 is 1.50 bits per heavy atom. The van der Waals surface area contributed by atoms with Gasteiger partial charge in [-0.05, 0) is 24.0 Å². The molecule has 3 rings (SSSR count). The number of likely N-dealkylation sites (tertiary alicyclic amines) is 1. The van der Waals surface area contributed by atoms with Crippen LogP contribution < -0.4 is 5.32 Å². The van der Waals surface area contributed by atoms with Gasteiger partial charge in [-0.1, -0.05) is 60.7 Å². The van der Waals surface area contributed by atoms with Crippen LogP contribution in [0.25, 0.3) is 0 Å². The van der Waals surface area contributed by atoms with Gasteiger partial charge in [0.15, 0.2) is 0 Å². The second-order valence-corrected chi connectivity index (χ2v) is 6.48. The number of hydrogen-bond donors (Lipinski definition) is 1. The first-order valence-electron chi connectivity index (χ1n) is 9.02. The average molecular weight is 352 g/mol. The van der Waals surface area contributed by atoms with Crippen LogP contribution in [0.4, 0.5) is 4.79 Å². The second kappa shape index (κ2) is 9.04. The van der Waals surface area contributed by atoms with Gasteiger partial charge in [0.05, 0.1) is 0 Å². The molecule has 1 aliphatic rings. The molecule has 5 heteroatoms. The summed E-state index contributed by atoms with van der Waals surface area (Å²) in [6.45, 7) is 1.69. The number of ether oxygens (including phenoxy) is 1. The molecule has 0 bridgehead atoms. The minimum atomic E-state index is -0.612. The van der Waals surface area contributed by atoms with Crippen LogP contribution in [0.15, 0.2) is 60.7 Å². The maximum absolute atomic E-state index is 12.8. The summed E-state index contributed by atoms with van der Waals surface area (Å²) in [5.74, 6) is -0.0389. The molecule has 0 spiro atoms. The molecule has 1 aliphatic heterocycles. The van der Waals surface area contributed by atoms with Crippen LogP contribution in [0, 0.1) is 0 Å². The van der Waals surface area contributed by atoms with Gasteiger partial charge in [-0.3, -0.25) is 4.79 Å². The van der Waals surface area contributed by atoms with Gasteiger partial charge in [0.2, 0.25) is 5.91 Å². The molecule has 136 valence electrons. The van der Waals surface area contributed by atoms with E-state index in [4.69, 9.17) is 4.74 Å². The van der Waals surface area contributed by atoms with E-state index in [-0.39, 0.29) is 12.5 Å². The molecule has 0 aliphatic carbocycles. The molecule has 2 aromatic rings. The Hall–Kier alpha value is -2.82. The Labute approximate surface area is 154 Å². The number of carbonyl (C=O) groups is 2.